The normalized spacial score (nSPS) is 16.1. The molecule has 0 spiro atoms. The number of rotatable bonds is 8. The van der Waals surface area contributed by atoms with Crippen molar-refractivity contribution in [2.45, 2.75) is 35.7 Å². The minimum atomic E-state index is -3.61. The first kappa shape index (κ1) is 23.7. The van der Waals surface area contributed by atoms with Gasteiger partial charge in [0.1, 0.15) is 5.75 Å². The van der Waals surface area contributed by atoms with Crippen molar-refractivity contribution >= 4 is 38.6 Å². The molecule has 1 aromatic heterocycles. The van der Waals surface area contributed by atoms with Crippen molar-refractivity contribution in [2.75, 3.05) is 33.4 Å². The van der Waals surface area contributed by atoms with Gasteiger partial charge < -0.3 is 14.0 Å². The highest BCUT2D eigenvalue weighted by Crippen LogP contribution is 2.31. The summed E-state index contributed by atoms with van der Waals surface area (Å²) in [5, 5.41) is 0.319. The van der Waals surface area contributed by atoms with E-state index in [1.807, 2.05) is 18.4 Å². The predicted molar refractivity (Wildman–Crippen MR) is 128 cm³/mol. The second-order valence-corrected chi connectivity index (χ2v) is 10.9. The summed E-state index contributed by atoms with van der Waals surface area (Å²) in [5.41, 5.74) is 2.04. The number of thioether (sulfide) groups is 1. The summed E-state index contributed by atoms with van der Waals surface area (Å²) < 4.78 is 40.0. The second kappa shape index (κ2) is 9.84. The number of morpholine rings is 1. The number of ether oxygens (including phenoxy) is 2. The van der Waals surface area contributed by atoms with Crippen LogP contribution in [0.1, 0.15) is 24.2 Å². The van der Waals surface area contributed by atoms with Gasteiger partial charge in [-0.2, -0.15) is 4.31 Å². The third-order valence-corrected chi connectivity index (χ3v) is 8.62. The highest BCUT2D eigenvalue weighted by molar-refractivity contribution is 8.00. The maximum absolute atomic E-state index is 13.0. The highest BCUT2D eigenvalue weighted by Gasteiger charge is 2.27. The van der Waals surface area contributed by atoms with Crippen LogP contribution in [0.5, 0.6) is 5.75 Å². The Morgan fingerprint density at radius 1 is 1.18 bits per heavy atom. The number of methoxy groups -OCH3 is 1. The van der Waals surface area contributed by atoms with E-state index in [2.05, 4.69) is 0 Å². The Morgan fingerprint density at radius 3 is 2.52 bits per heavy atom. The first-order valence-electron chi connectivity index (χ1n) is 10.8. The highest BCUT2D eigenvalue weighted by atomic mass is 32.2. The molecule has 1 aliphatic rings. The lowest BCUT2D eigenvalue weighted by Crippen LogP contribution is -2.40. The van der Waals surface area contributed by atoms with Crippen LogP contribution >= 0.6 is 11.8 Å². The number of hydrogen-bond acceptors (Lipinski definition) is 7. The van der Waals surface area contributed by atoms with E-state index in [0.29, 0.717) is 54.8 Å². The maximum atomic E-state index is 13.0. The molecule has 1 saturated heterocycles. The van der Waals surface area contributed by atoms with Crippen LogP contribution in [-0.2, 0) is 21.3 Å². The molecule has 33 heavy (non-hydrogen) atoms. The summed E-state index contributed by atoms with van der Waals surface area (Å²) in [7, 11) is -2.02. The Balaban J connectivity index is 1.60. The summed E-state index contributed by atoms with van der Waals surface area (Å²) in [6.45, 7) is 5.98. The molecule has 2 heterocycles. The summed E-state index contributed by atoms with van der Waals surface area (Å²) in [6, 6.07) is 12.1. The van der Waals surface area contributed by atoms with Gasteiger partial charge in [0.25, 0.3) is 0 Å². The van der Waals surface area contributed by atoms with Gasteiger partial charge in [-0.25, -0.2) is 13.4 Å². The number of aryl methyl sites for hydroxylation is 1. The zero-order valence-electron chi connectivity index (χ0n) is 18.9. The number of benzene rings is 2. The monoisotopic (exact) mass is 489 g/mol. The second-order valence-electron chi connectivity index (χ2n) is 7.66. The molecule has 1 atom stereocenters. The predicted octanol–water partition coefficient (Wildman–Crippen LogP) is 3.45. The Hall–Kier alpha value is -2.40. The van der Waals surface area contributed by atoms with Crippen LogP contribution in [0.2, 0.25) is 0 Å². The molecule has 2 aromatic carbocycles. The molecule has 1 fully saturated rings. The number of carbonyl (C=O) groups excluding carboxylic acids is 1. The standard InChI is InChI=1S/C23H27N3O5S2/c1-4-26-21-10-9-19(33(28,29)25-11-13-31-14-12-25)15-20(21)24-23(26)32-16(2)22(27)17-5-7-18(30-3)8-6-17/h5-10,15-16H,4,11-14H2,1-3H3. The van der Waals surface area contributed by atoms with E-state index in [4.69, 9.17) is 14.5 Å². The average molecular weight is 490 g/mol. The van der Waals surface area contributed by atoms with Crippen LogP contribution < -0.4 is 4.74 Å². The van der Waals surface area contributed by atoms with E-state index in [1.54, 1.807) is 49.6 Å². The van der Waals surface area contributed by atoms with E-state index < -0.39 is 10.0 Å². The third-order valence-electron chi connectivity index (χ3n) is 5.63. The summed E-state index contributed by atoms with van der Waals surface area (Å²) in [6.07, 6.45) is 0. The van der Waals surface area contributed by atoms with Crippen LogP contribution in [0.4, 0.5) is 0 Å². The largest absolute Gasteiger partial charge is 0.497 e. The van der Waals surface area contributed by atoms with E-state index in [9.17, 15) is 13.2 Å². The van der Waals surface area contributed by atoms with Crippen molar-refractivity contribution in [3.8, 4) is 5.75 Å². The number of imidazole rings is 1. The van der Waals surface area contributed by atoms with Gasteiger partial charge in [0.2, 0.25) is 10.0 Å². The quantitative estimate of drug-likeness (QED) is 0.354. The molecule has 0 saturated carbocycles. The minimum absolute atomic E-state index is 0.00653. The van der Waals surface area contributed by atoms with Gasteiger partial charge in [-0.1, -0.05) is 11.8 Å². The molecule has 10 heteroatoms. The van der Waals surface area contributed by atoms with Gasteiger partial charge in [0.15, 0.2) is 10.9 Å². The van der Waals surface area contributed by atoms with Crippen LogP contribution in [0.15, 0.2) is 52.5 Å². The number of aromatic nitrogens is 2. The van der Waals surface area contributed by atoms with Crippen LogP contribution in [-0.4, -0.2) is 66.7 Å². The van der Waals surface area contributed by atoms with Crippen molar-refractivity contribution in [1.82, 2.24) is 13.9 Å². The van der Waals surface area contributed by atoms with Crippen molar-refractivity contribution < 1.29 is 22.7 Å². The minimum Gasteiger partial charge on any atom is -0.497 e. The zero-order chi connectivity index (χ0) is 23.6. The Bertz CT molecular complexity index is 1250. The first-order chi connectivity index (χ1) is 15.8. The lowest BCUT2D eigenvalue weighted by Gasteiger charge is -2.26. The SMILES string of the molecule is CCn1c(SC(C)C(=O)c2ccc(OC)cc2)nc2cc(S(=O)(=O)N3CCOCC3)ccc21. The topological polar surface area (TPSA) is 90.7 Å². The van der Waals surface area contributed by atoms with Crippen molar-refractivity contribution in [3.05, 3.63) is 48.0 Å². The number of ketones is 1. The van der Waals surface area contributed by atoms with Crippen LogP contribution in [0.25, 0.3) is 11.0 Å². The average Bonchev–Trinajstić information content (AvgIpc) is 3.20. The molecule has 0 aliphatic carbocycles. The molecular formula is C23H27N3O5S2. The molecule has 0 amide bonds. The smallest absolute Gasteiger partial charge is 0.243 e. The van der Waals surface area contributed by atoms with Crippen molar-refractivity contribution in [2.24, 2.45) is 0 Å². The molecular weight excluding hydrogens is 462 g/mol. The van der Waals surface area contributed by atoms with E-state index in [0.717, 1.165) is 5.52 Å². The number of sulfonamides is 1. The fraction of sp³-hybridized carbons (Fsp3) is 0.391. The van der Waals surface area contributed by atoms with Gasteiger partial charge in [0, 0.05) is 25.2 Å². The van der Waals surface area contributed by atoms with Crippen molar-refractivity contribution in [3.63, 3.8) is 0 Å². The molecule has 1 aliphatic heterocycles. The number of Topliss-reactive ketones (excluding diaryl/α,β-unsaturated/α-hetero) is 1. The number of carbonyl (C=O) groups is 1. The molecule has 1 unspecified atom stereocenters. The van der Waals surface area contributed by atoms with E-state index in [-0.39, 0.29) is 15.9 Å². The number of fused-ring (bicyclic) bond motifs is 1. The molecule has 176 valence electrons. The van der Waals surface area contributed by atoms with E-state index >= 15 is 0 Å². The molecule has 0 bridgehead atoms. The zero-order valence-corrected chi connectivity index (χ0v) is 20.5. The van der Waals surface area contributed by atoms with Gasteiger partial charge in [-0.15, -0.1) is 0 Å². The molecule has 0 radical (unpaired) electrons. The van der Waals surface area contributed by atoms with E-state index in [1.165, 1.54) is 16.1 Å². The third kappa shape index (κ3) is 4.79. The Morgan fingerprint density at radius 2 is 1.88 bits per heavy atom. The van der Waals surface area contributed by atoms with Crippen LogP contribution in [0.3, 0.4) is 0 Å². The van der Waals surface area contributed by atoms with Gasteiger partial charge in [-0.05, 0) is 56.3 Å². The molecule has 3 aromatic rings. The number of hydrogen-bond donors (Lipinski definition) is 0. The van der Waals surface area contributed by atoms with Gasteiger partial charge in [0.05, 0.1) is 41.5 Å². The summed E-state index contributed by atoms with van der Waals surface area (Å²) in [5.74, 6) is 0.690. The van der Waals surface area contributed by atoms with Gasteiger partial charge >= 0.3 is 0 Å². The fourth-order valence-corrected chi connectivity index (χ4v) is 6.27. The Labute approximate surface area is 197 Å². The number of nitrogens with zero attached hydrogens (tertiary/aromatic N) is 3. The Kier molecular flexibility index (Phi) is 7.08. The molecule has 4 rings (SSSR count). The summed E-state index contributed by atoms with van der Waals surface area (Å²) >= 11 is 1.37. The fourth-order valence-electron chi connectivity index (χ4n) is 3.78. The first-order valence-corrected chi connectivity index (χ1v) is 13.1. The van der Waals surface area contributed by atoms with Gasteiger partial charge in [-0.3, -0.25) is 4.79 Å². The summed E-state index contributed by atoms with van der Waals surface area (Å²) in [4.78, 5) is 17.8. The maximum Gasteiger partial charge on any atom is 0.243 e. The molecule has 8 nitrogen and oxygen atoms in total. The molecule has 0 N–H and O–H groups in total. The lowest BCUT2D eigenvalue weighted by molar-refractivity contribution is 0.0730. The van der Waals surface area contributed by atoms with Crippen molar-refractivity contribution in [1.29, 1.82) is 0 Å². The lowest BCUT2D eigenvalue weighted by atomic mass is 10.1. The van der Waals surface area contributed by atoms with Crippen LogP contribution in [0, 0.1) is 0 Å².